The molecule has 0 heterocycles. The zero-order valence-electron chi connectivity index (χ0n) is 6.22. The van der Waals surface area contributed by atoms with E-state index in [1.54, 1.807) is 6.08 Å². The molecular weight excluding hydrogens is 144 g/mol. The van der Waals surface area contributed by atoms with Crippen LogP contribution >= 0.6 is 0 Å². The summed E-state index contributed by atoms with van der Waals surface area (Å²) in [6.07, 6.45) is 2.69. The molecule has 2 nitrogen and oxygen atoms in total. The molecule has 0 bridgehead atoms. The van der Waals surface area contributed by atoms with Crippen LogP contribution in [0.4, 0.5) is 0 Å². The minimum absolute atomic E-state index is 0.296. The summed E-state index contributed by atoms with van der Waals surface area (Å²) in [5.74, 6) is -0.296. The Morgan fingerprint density at radius 1 is 1.70 bits per heavy atom. The third-order valence-electron chi connectivity index (χ3n) is 0.955. The van der Waals surface area contributed by atoms with Gasteiger partial charge in [0.2, 0.25) is 0 Å². The molecule has 0 aliphatic carbocycles. The third-order valence-corrected chi connectivity index (χ3v) is 1.24. The first-order valence-electron chi connectivity index (χ1n) is 3.18. The average molecular weight is 156 g/mol. The second-order valence-electron chi connectivity index (χ2n) is 1.82. The molecule has 3 heteroatoms. The molecule has 56 valence electrons. The molecule has 0 unspecified atom stereocenters. The maximum atomic E-state index is 10.8. The van der Waals surface area contributed by atoms with Crippen molar-refractivity contribution in [1.29, 1.82) is 0 Å². The van der Waals surface area contributed by atoms with E-state index in [9.17, 15) is 4.79 Å². The summed E-state index contributed by atoms with van der Waals surface area (Å²) >= 11 is 0. The standard InChI is InChI=1S/C7H12O2Si/c1-3-4-6(2)7(8)9-5-10/h3H,1-2,4-5H2,10H3. The van der Waals surface area contributed by atoms with E-state index in [4.69, 9.17) is 4.74 Å². The summed E-state index contributed by atoms with van der Waals surface area (Å²) in [7, 11) is 0.877. The Bertz CT molecular complexity index is 152. The van der Waals surface area contributed by atoms with Crippen molar-refractivity contribution in [1.82, 2.24) is 0 Å². The van der Waals surface area contributed by atoms with Crippen LogP contribution in [-0.4, -0.2) is 22.4 Å². The summed E-state index contributed by atoms with van der Waals surface area (Å²) in [6, 6.07) is 0. The Balaban J connectivity index is 3.70. The molecule has 0 aromatic heterocycles. The summed E-state index contributed by atoms with van der Waals surface area (Å²) in [4.78, 5) is 10.8. The van der Waals surface area contributed by atoms with Crippen LogP contribution in [0, 0.1) is 0 Å². The zero-order chi connectivity index (χ0) is 7.98. The zero-order valence-corrected chi connectivity index (χ0v) is 8.22. The predicted molar refractivity (Wildman–Crippen MR) is 44.9 cm³/mol. The molecule has 0 atom stereocenters. The smallest absolute Gasteiger partial charge is 0.333 e. The van der Waals surface area contributed by atoms with Crippen LogP contribution in [0.2, 0.25) is 0 Å². The highest BCUT2D eigenvalue weighted by Crippen LogP contribution is 1.99. The second kappa shape index (κ2) is 4.99. The van der Waals surface area contributed by atoms with Crippen molar-refractivity contribution in [3.05, 3.63) is 24.8 Å². The van der Waals surface area contributed by atoms with E-state index in [0.717, 1.165) is 10.2 Å². The van der Waals surface area contributed by atoms with Crippen molar-refractivity contribution in [2.45, 2.75) is 6.42 Å². The molecular formula is C7H12O2Si. The van der Waals surface area contributed by atoms with Gasteiger partial charge in [0, 0.05) is 5.57 Å². The van der Waals surface area contributed by atoms with Gasteiger partial charge in [-0.05, 0) is 6.42 Å². The second-order valence-corrected chi connectivity index (χ2v) is 2.39. The molecule has 0 N–H and O–H groups in total. The van der Waals surface area contributed by atoms with Crippen molar-refractivity contribution in [2.75, 3.05) is 6.23 Å². The molecule has 0 spiro atoms. The molecule has 10 heavy (non-hydrogen) atoms. The molecule has 0 rings (SSSR count). The highest BCUT2D eigenvalue weighted by atomic mass is 28.1. The van der Waals surface area contributed by atoms with Gasteiger partial charge in [-0.3, -0.25) is 0 Å². The minimum Gasteiger partial charge on any atom is -0.467 e. The normalized spacial score (nSPS) is 8.80. The van der Waals surface area contributed by atoms with Crippen LogP contribution in [0.5, 0.6) is 0 Å². The number of rotatable bonds is 4. The fourth-order valence-electron chi connectivity index (χ4n) is 0.491. The molecule has 0 saturated carbocycles. The highest BCUT2D eigenvalue weighted by molar-refractivity contribution is 6.09. The van der Waals surface area contributed by atoms with Crippen LogP contribution in [0.1, 0.15) is 6.42 Å². The van der Waals surface area contributed by atoms with Gasteiger partial charge >= 0.3 is 5.97 Å². The van der Waals surface area contributed by atoms with Gasteiger partial charge < -0.3 is 4.74 Å². The van der Waals surface area contributed by atoms with E-state index in [0.29, 0.717) is 18.2 Å². The Labute approximate surface area is 64.0 Å². The molecule has 0 aromatic carbocycles. The lowest BCUT2D eigenvalue weighted by Gasteiger charge is -2.00. The first kappa shape index (κ1) is 9.17. The Morgan fingerprint density at radius 2 is 2.30 bits per heavy atom. The highest BCUT2D eigenvalue weighted by Gasteiger charge is 2.03. The van der Waals surface area contributed by atoms with E-state index in [2.05, 4.69) is 13.2 Å². The average Bonchev–Trinajstić information content (AvgIpc) is 1.89. The van der Waals surface area contributed by atoms with Gasteiger partial charge in [0.15, 0.2) is 0 Å². The lowest BCUT2D eigenvalue weighted by Crippen LogP contribution is -2.07. The first-order chi connectivity index (χ1) is 4.72. The van der Waals surface area contributed by atoms with E-state index >= 15 is 0 Å². The summed E-state index contributed by atoms with van der Waals surface area (Å²) < 4.78 is 4.73. The summed E-state index contributed by atoms with van der Waals surface area (Å²) in [5.41, 5.74) is 0.478. The van der Waals surface area contributed by atoms with Crippen molar-refractivity contribution in [3.8, 4) is 0 Å². The lowest BCUT2D eigenvalue weighted by atomic mass is 10.2. The van der Waals surface area contributed by atoms with Gasteiger partial charge in [-0.25, -0.2) is 4.79 Å². The number of ether oxygens (including phenoxy) is 1. The fourth-order valence-corrected chi connectivity index (χ4v) is 0.753. The summed E-state index contributed by atoms with van der Waals surface area (Å²) in [5, 5.41) is 0. The van der Waals surface area contributed by atoms with Gasteiger partial charge in [0.1, 0.15) is 0 Å². The lowest BCUT2D eigenvalue weighted by molar-refractivity contribution is -0.137. The largest absolute Gasteiger partial charge is 0.467 e. The number of carbonyl (C=O) groups is 1. The molecule has 0 aliphatic heterocycles. The van der Waals surface area contributed by atoms with E-state index in [1.807, 2.05) is 0 Å². The predicted octanol–water partition coefficient (Wildman–Crippen LogP) is -0.0152. The topological polar surface area (TPSA) is 26.3 Å². The van der Waals surface area contributed by atoms with Crippen molar-refractivity contribution in [3.63, 3.8) is 0 Å². The van der Waals surface area contributed by atoms with Crippen molar-refractivity contribution < 1.29 is 9.53 Å². The van der Waals surface area contributed by atoms with Crippen LogP contribution in [0.3, 0.4) is 0 Å². The molecule has 0 aromatic rings. The molecule has 0 fully saturated rings. The van der Waals surface area contributed by atoms with Crippen LogP contribution in [0.15, 0.2) is 24.8 Å². The summed E-state index contributed by atoms with van der Waals surface area (Å²) in [6.45, 7) is 7.02. The van der Waals surface area contributed by atoms with Crippen LogP contribution in [0.25, 0.3) is 0 Å². The molecule has 0 aliphatic rings. The maximum Gasteiger partial charge on any atom is 0.333 e. The SMILES string of the molecule is C=CCC(=C)C(=O)OC[SiH3]. The minimum atomic E-state index is -0.296. The van der Waals surface area contributed by atoms with E-state index < -0.39 is 0 Å². The monoisotopic (exact) mass is 156 g/mol. The fraction of sp³-hybridized carbons (Fsp3) is 0.286. The van der Waals surface area contributed by atoms with Gasteiger partial charge in [0.05, 0.1) is 16.5 Å². The molecule has 0 radical (unpaired) electrons. The third kappa shape index (κ3) is 3.24. The van der Waals surface area contributed by atoms with Crippen LogP contribution < -0.4 is 0 Å². The van der Waals surface area contributed by atoms with Crippen LogP contribution in [-0.2, 0) is 9.53 Å². The number of allylic oxidation sites excluding steroid dienone is 1. The van der Waals surface area contributed by atoms with Gasteiger partial charge in [-0.15, -0.1) is 6.58 Å². The maximum absolute atomic E-state index is 10.8. The first-order valence-corrected chi connectivity index (χ1v) is 4.59. The number of hydrogen-bond acceptors (Lipinski definition) is 2. The number of carbonyl (C=O) groups excluding carboxylic acids is 1. The van der Waals surface area contributed by atoms with Gasteiger partial charge in [-0.2, -0.15) is 0 Å². The van der Waals surface area contributed by atoms with Crippen molar-refractivity contribution >= 4 is 16.2 Å². The van der Waals surface area contributed by atoms with Gasteiger partial charge in [0.25, 0.3) is 0 Å². The molecule has 0 saturated heterocycles. The quantitative estimate of drug-likeness (QED) is 0.247. The van der Waals surface area contributed by atoms with E-state index in [1.165, 1.54) is 0 Å². The number of hydrogen-bond donors (Lipinski definition) is 0. The Kier molecular flexibility index (Phi) is 4.58. The Morgan fingerprint density at radius 3 is 2.70 bits per heavy atom. The van der Waals surface area contributed by atoms with E-state index in [-0.39, 0.29) is 5.97 Å². The van der Waals surface area contributed by atoms with Crippen molar-refractivity contribution in [2.24, 2.45) is 0 Å². The number of esters is 1. The van der Waals surface area contributed by atoms with Gasteiger partial charge in [-0.1, -0.05) is 12.7 Å². The Hall–Kier alpha value is -0.833. The molecule has 0 amide bonds.